The van der Waals surface area contributed by atoms with Crippen LogP contribution in [0.5, 0.6) is 0 Å². The molecule has 0 spiro atoms. The fraction of sp³-hybridized carbons (Fsp3) is 0.250. The van der Waals surface area contributed by atoms with Crippen molar-refractivity contribution in [2.75, 3.05) is 26.2 Å². The summed E-state index contributed by atoms with van der Waals surface area (Å²) in [7, 11) is -3.61. The number of aromatic nitrogens is 2. The number of hydrogen-bond donors (Lipinski definition) is 0. The maximum absolute atomic E-state index is 13.0. The lowest BCUT2D eigenvalue weighted by Gasteiger charge is -2.33. The third-order valence-electron chi connectivity index (χ3n) is 4.90. The third-order valence-corrected chi connectivity index (χ3v) is 8.25. The highest BCUT2D eigenvalue weighted by Crippen LogP contribution is 2.29. The van der Waals surface area contributed by atoms with E-state index in [4.69, 9.17) is 11.6 Å². The number of hydrogen-bond acceptors (Lipinski definition) is 6. The Morgan fingerprint density at radius 3 is 2.30 bits per heavy atom. The van der Waals surface area contributed by atoms with Crippen LogP contribution >= 0.6 is 22.9 Å². The first-order chi connectivity index (χ1) is 14.4. The number of rotatable bonds is 4. The quantitative estimate of drug-likeness (QED) is 0.594. The lowest BCUT2D eigenvalue weighted by Crippen LogP contribution is -2.50. The number of benzene rings is 1. The predicted molar refractivity (Wildman–Crippen MR) is 116 cm³/mol. The predicted octanol–water partition coefficient (Wildman–Crippen LogP) is 3.31. The summed E-state index contributed by atoms with van der Waals surface area (Å²) in [6, 6.07) is 9.81. The summed E-state index contributed by atoms with van der Waals surface area (Å²) >= 11 is 7.20. The molecule has 4 rings (SSSR count). The molecule has 1 saturated heterocycles. The SMILES string of the molecule is Cc1nc(-c2ccncc2)sc1C(=O)N1CCN(S(=O)(=O)c2ccc(Cl)cc2)CC1. The average Bonchev–Trinajstić information content (AvgIpc) is 3.16. The van der Waals surface area contributed by atoms with Gasteiger partial charge in [-0.2, -0.15) is 4.31 Å². The zero-order valence-corrected chi connectivity index (χ0v) is 18.5. The number of carbonyl (C=O) groups excluding carboxylic acids is 1. The van der Waals surface area contributed by atoms with Gasteiger partial charge < -0.3 is 4.90 Å². The van der Waals surface area contributed by atoms with E-state index in [1.54, 1.807) is 29.4 Å². The van der Waals surface area contributed by atoms with Gasteiger partial charge in [-0.25, -0.2) is 13.4 Å². The Labute approximate surface area is 184 Å². The molecule has 3 aromatic rings. The van der Waals surface area contributed by atoms with Crippen LogP contribution < -0.4 is 0 Å². The van der Waals surface area contributed by atoms with Crippen molar-refractivity contribution in [2.45, 2.75) is 11.8 Å². The molecule has 0 aliphatic carbocycles. The Morgan fingerprint density at radius 2 is 1.67 bits per heavy atom. The zero-order valence-electron chi connectivity index (χ0n) is 16.2. The monoisotopic (exact) mass is 462 g/mol. The first kappa shape index (κ1) is 20.9. The van der Waals surface area contributed by atoms with Crippen molar-refractivity contribution in [1.29, 1.82) is 0 Å². The minimum atomic E-state index is -3.61. The van der Waals surface area contributed by atoms with E-state index >= 15 is 0 Å². The third kappa shape index (κ3) is 4.11. The maximum Gasteiger partial charge on any atom is 0.265 e. The van der Waals surface area contributed by atoms with Crippen LogP contribution in [0.1, 0.15) is 15.4 Å². The van der Waals surface area contributed by atoms with Gasteiger partial charge in [0.1, 0.15) is 9.88 Å². The van der Waals surface area contributed by atoms with E-state index < -0.39 is 10.0 Å². The van der Waals surface area contributed by atoms with Crippen LogP contribution in [0.3, 0.4) is 0 Å². The van der Waals surface area contributed by atoms with E-state index in [2.05, 4.69) is 9.97 Å². The topological polar surface area (TPSA) is 83.5 Å². The molecular weight excluding hydrogens is 444 g/mol. The van der Waals surface area contributed by atoms with Crippen molar-refractivity contribution < 1.29 is 13.2 Å². The molecule has 1 aromatic carbocycles. The highest BCUT2D eigenvalue weighted by atomic mass is 35.5. The van der Waals surface area contributed by atoms with Gasteiger partial charge in [0, 0.05) is 49.2 Å². The van der Waals surface area contributed by atoms with Crippen LogP contribution in [0.15, 0.2) is 53.7 Å². The van der Waals surface area contributed by atoms with Crippen molar-refractivity contribution in [3.8, 4) is 10.6 Å². The number of carbonyl (C=O) groups is 1. The van der Waals surface area contributed by atoms with Gasteiger partial charge in [-0.3, -0.25) is 9.78 Å². The molecule has 0 radical (unpaired) electrons. The highest BCUT2D eigenvalue weighted by molar-refractivity contribution is 7.89. The summed E-state index contributed by atoms with van der Waals surface area (Å²) in [5.41, 5.74) is 1.59. The fourth-order valence-electron chi connectivity index (χ4n) is 3.24. The van der Waals surface area contributed by atoms with E-state index in [1.165, 1.54) is 27.8 Å². The van der Waals surface area contributed by atoms with Gasteiger partial charge in [0.15, 0.2) is 0 Å². The molecule has 1 amide bonds. The summed E-state index contributed by atoms with van der Waals surface area (Å²) < 4.78 is 27.1. The second kappa shape index (κ2) is 8.43. The smallest absolute Gasteiger partial charge is 0.265 e. The normalized spacial score (nSPS) is 15.3. The number of amides is 1. The Kier molecular flexibility index (Phi) is 5.88. The average molecular weight is 463 g/mol. The molecule has 0 N–H and O–H groups in total. The fourth-order valence-corrected chi connectivity index (χ4v) is 5.83. The lowest BCUT2D eigenvalue weighted by atomic mass is 10.3. The van der Waals surface area contributed by atoms with Crippen LogP contribution in [0.2, 0.25) is 5.02 Å². The van der Waals surface area contributed by atoms with Crippen molar-refractivity contribution in [2.24, 2.45) is 0 Å². The van der Waals surface area contributed by atoms with Gasteiger partial charge in [-0.1, -0.05) is 11.6 Å². The molecular formula is C20H19ClN4O3S2. The largest absolute Gasteiger partial charge is 0.335 e. The highest BCUT2D eigenvalue weighted by Gasteiger charge is 2.31. The van der Waals surface area contributed by atoms with E-state index in [0.717, 1.165) is 10.6 Å². The maximum atomic E-state index is 13.0. The van der Waals surface area contributed by atoms with E-state index in [0.29, 0.717) is 28.7 Å². The Hall–Kier alpha value is -2.33. The second-order valence-corrected chi connectivity index (χ2v) is 10.2. The molecule has 7 nitrogen and oxygen atoms in total. The van der Waals surface area contributed by atoms with Crippen LogP contribution in [0.25, 0.3) is 10.6 Å². The van der Waals surface area contributed by atoms with Crippen molar-refractivity contribution in [3.05, 3.63) is 64.4 Å². The zero-order chi connectivity index (χ0) is 21.3. The molecule has 10 heteroatoms. The Bertz CT molecular complexity index is 1160. The van der Waals surface area contributed by atoms with E-state index in [9.17, 15) is 13.2 Å². The number of piperazine rings is 1. The molecule has 30 heavy (non-hydrogen) atoms. The molecule has 0 unspecified atom stereocenters. The summed E-state index contributed by atoms with van der Waals surface area (Å²) in [5.74, 6) is -0.117. The molecule has 2 aromatic heterocycles. The van der Waals surface area contributed by atoms with E-state index in [1.807, 2.05) is 19.1 Å². The van der Waals surface area contributed by atoms with Crippen LogP contribution in [0, 0.1) is 6.92 Å². The van der Waals surface area contributed by atoms with Gasteiger partial charge in [0.25, 0.3) is 5.91 Å². The lowest BCUT2D eigenvalue weighted by molar-refractivity contribution is 0.0702. The van der Waals surface area contributed by atoms with Crippen molar-refractivity contribution in [3.63, 3.8) is 0 Å². The number of halogens is 1. The number of nitrogens with zero attached hydrogens (tertiary/aromatic N) is 4. The van der Waals surface area contributed by atoms with Gasteiger partial charge in [-0.05, 0) is 43.3 Å². The van der Waals surface area contributed by atoms with Gasteiger partial charge in [0.05, 0.1) is 10.6 Å². The molecule has 0 atom stereocenters. The van der Waals surface area contributed by atoms with Crippen molar-refractivity contribution in [1.82, 2.24) is 19.2 Å². The molecule has 1 fully saturated rings. The minimum Gasteiger partial charge on any atom is -0.335 e. The molecule has 3 heterocycles. The van der Waals surface area contributed by atoms with Gasteiger partial charge in [-0.15, -0.1) is 11.3 Å². The molecule has 0 saturated carbocycles. The standard InChI is InChI=1S/C20H19ClN4O3S2/c1-14-18(29-19(23-14)15-6-8-22-9-7-15)20(26)24-10-12-25(13-11-24)30(27,28)17-4-2-16(21)3-5-17/h2-9H,10-13H2,1H3. The number of sulfonamides is 1. The van der Waals surface area contributed by atoms with Gasteiger partial charge in [0.2, 0.25) is 10.0 Å². The number of pyridine rings is 1. The first-order valence-electron chi connectivity index (χ1n) is 9.29. The molecule has 1 aliphatic heterocycles. The number of aryl methyl sites for hydroxylation is 1. The van der Waals surface area contributed by atoms with Crippen LogP contribution in [-0.2, 0) is 10.0 Å². The van der Waals surface area contributed by atoms with Crippen LogP contribution in [-0.4, -0.2) is 59.7 Å². The molecule has 156 valence electrons. The van der Waals surface area contributed by atoms with Gasteiger partial charge >= 0.3 is 0 Å². The second-order valence-electron chi connectivity index (χ2n) is 6.82. The molecule has 0 bridgehead atoms. The Balaban J connectivity index is 1.46. The summed E-state index contributed by atoms with van der Waals surface area (Å²) in [5, 5.41) is 1.25. The molecule has 1 aliphatic rings. The summed E-state index contributed by atoms with van der Waals surface area (Å²) in [6.07, 6.45) is 3.38. The number of thiazole rings is 1. The summed E-state index contributed by atoms with van der Waals surface area (Å²) in [6.45, 7) is 2.95. The van der Waals surface area contributed by atoms with Crippen LogP contribution in [0.4, 0.5) is 0 Å². The first-order valence-corrected chi connectivity index (χ1v) is 11.9. The minimum absolute atomic E-state index is 0.117. The Morgan fingerprint density at radius 1 is 1.03 bits per heavy atom. The van der Waals surface area contributed by atoms with Crippen molar-refractivity contribution >= 4 is 38.9 Å². The van der Waals surface area contributed by atoms with E-state index in [-0.39, 0.29) is 23.9 Å². The summed E-state index contributed by atoms with van der Waals surface area (Å²) in [4.78, 5) is 24.0.